The minimum absolute atomic E-state index is 0.231. The normalized spacial score (nSPS) is 17.2. The zero-order valence-electron chi connectivity index (χ0n) is 31.4. The van der Waals surface area contributed by atoms with E-state index in [0.717, 1.165) is 33.6 Å². The quantitative estimate of drug-likeness (QED) is 0.172. The van der Waals surface area contributed by atoms with Gasteiger partial charge in [-0.3, -0.25) is 9.97 Å². The van der Waals surface area contributed by atoms with Crippen molar-refractivity contribution in [2.24, 2.45) is 9.98 Å². The lowest BCUT2D eigenvalue weighted by Crippen LogP contribution is -2.28. The summed E-state index contributed by atoms with van der Waals surface area (Å²) in [7, 11) is 0. The van der Waals surface area contributed by atoms with E-state index in [1.54, 1.807) is 0 Å². The van der Waals surface area contributed by atoms with Gasteiger partial charge in [0.1, 0.15) is 24.6 Å². The van der Waals surface area contributed by atoms with Gasteiger partial charge in [-0.2, -0.15) is 0 Å². The van der Waals surface area contributed by atoms with E-state index in [4.69, 9.17) is 29.4 Å². The molecule has 0 saturated carbocycles. The monoisotopic (exact) mass is 716 g/mol. The Hall–Kier alpha value is -6.40. The van der Waals surface area contributed by atoms with E-state index in [1.165, 1.54) is 44.2 Å². The van der Waals surface area contributed by atoms with Crippen molar-refractivity contribution in [2.75, 3.05) is 13.2 Å². The van der Waals surface area contributed by atoms with Crippen molar-refractivity contribution in [3.05, 3.63) is 179 Å². The van der Waals surface area contributed by atoms with Gasteiger partial charge in [0.25, 0.3) is 0 Å². The van der Waals surface area contributed by atoms with Gasteiger partial charge in [0, 0.05) is 23.5 Å². The first-order valence-electron chi connectivity index (χ1n) is 18.9. The molecule has 5 aromatic carbocycles. The molecule has 2 aromatic heterocycles. The number of hydrogen-bond donors (Lipinski definition) is 0. The van der Waals surface area contributed by atoms with Gasteiger partial charge in [0.2, 0.25) is 11.8 Å². The molecule has 2 aliphatic heterocycles. The summed E-state index contributed by atoms with van der Waals surface area (Å²) in [5.41, 5.74) is 12.2. The molecule has 0 N–H and O–H groups in total. The van der Waals surface area contributed by atoms with Crippen LogP contribution in [0.25, 0.3) is 44.2 Å². The Kier molecular flexibility index (Phi) is 7.43. The van der Waals surface area contributed by atoms with Crippen molar-refractivity contribution in [1.29, 1.82) is 0 Å². The fraction of sp³-hybridized carbons (Fsp3) is 0.184. The van der Waals surface area contributed by atoms with Gasteiger partial charge in [-0.15, -0.1) is 0 Å². The molecule has 55 heavy (non-hydrogen) atoms. The number of ether oxygens (including phenoxy) is 2. The number of benzene rings is 5. The summed E-state index contributed by atoms with van der Waals surface area (Å²) in [5, 5.41) is 2.40. The van der Waals surface area contributed by atoms with E-state index in [-0.39, 0.29) is 11.1 Å². The van der Waals surface area contributed by atoms with Crippen LogP contribution in [0.4, 0.5) is 0 Å². The summed E-state index contributed by atoms with van der Waals surface area (Å²) >= 11 is 0. The Morgan fingerprint density at radius 2 is 1.00 bits per heavy atom. The number of pyridine rings is 2. The molecule has 0 fully saturated rings. The van der Waals surface area contributed by atoms with E-state index in [0.29, 0.717) is 25.0 Å². The summed E-state index contributed by atoms with van der Waals surface area (Å²) < 4.78 is 11.8. The molecular weight excluding hydrogens is 677 g/mol. The smallest absolute Gasteiger partial charge is 0.236 e. The predicted octanol–water partition coefficient (Wildman–Crippen LogP) is 10.4. The molecule has 0 unspecified atom stereocenters. The average Bonchev–Trinajstić information content (AvgIpc) is 3.88. The second-order valence-electron chi connectivity index (χ2n) is 16.1. The van der Waals surface area contributed by atoms with Crippen molar-refractivity contribution in [2.45, 2.75) is 44.2 Å². The highest BCUT2D eigenvalue weighted by molar-refractivity contribution is 6.02. The number of rotatable bonds is 6. The molecule has 1 aliphatic carbocycles. The van der Waals surface area contributed by atoms with Gasteiger partial charge in [0.05, 0.1) is 16.5 Å². The maximum absolute atomic E-state index is 5.89. The lowest BCUT2D eigenvalue weighted by atomic mass is 9.66. The molecule has 0 radical (unpaired) electrons. The van der Waals surface area contributed by atoms with E-state index in [9.17, 15) is 0 Å². The zero-order chi connectivity index (χ0) is 37.4. The number of aliphatic imine (C=N–C) groups is 2. The fourth-order valence-electron chi connectivity index (χ4n) is 8.50. The predicted molar refractivity (Wildman–Crippen MR) is 221 cm³/mol. The highest BCUT2D eigenvalue weighted by Gasteiger charge is 2.47. The third-order valence-corrected chi connectivity index (χ3v) is 11.1. The molecule has 4 heterocycles. The molecule has 7 aromatic rings. The SMILES string of the molecule is CC1(C)COC(c2ccc(-c3ccc4c(c3)C(c3ccccc3)(c3ccccc3)c3c-4ccc4cc(-c5ccc(C6=NC(C)(C)CO6)nc5)ccc34)cn2)=N1. The lowest BCUT2D eigenvalue weighted by Gasteiger charge is -2.35. The molecule has 268 valence electrons. The summed E-state index contributed by atoms with van der Waals surface area (Å²) in [5.74, 6) is 1.21. The summed E-state index contributed by atoms with van der Waals surface area (Å²) in [6.45, 7) is 9.41. The number of nitrogens with zero attached hydrogens (tertiary/aromatic N) is 4. The molecule has 0 saturated heterocycles. The molecule has 0 amide bonds. The second-order valence-corrected chi connectivity index (χ2v) is 16.1. The van der Waals surface area contributed by atoms with Crippen LogP contribution in [-0.4, -0.2) is 46.1 Å². The van der Waals surface area contributed by atoms with Crippen LogP contribution in [0.15, 0.2) is 156 Å². The van der Waals surface area contributed by atoms with Crippen LogP contribution in [0.5, 0.6) is 0 Å². The van der Waals surface area contributed by atoms with Crippen LogP contribution in [-0.2, 0) is 14.9 Å². The van der Waals surface area contributed by atoms with Crippen molar-refractivity contribution in [3.63, 3.8) is 0 Å². The maximum Gasteiger partial charge on any atom is 0.236 e. The Balaban J connectivity index is 1.13. The highest BCUT2D eigenvalue weighted by atomic mass is 16.5. The van der Waals surface area contributed by atoms with Crippen LogP contribution in [0, 0.1) is 0 Å². The van der Waals surface area contributed by atoms with Crippen LogP contribution in [0.3, 0.4) is 0 Å². The number of hydrogen-bond acceptors (Lipinski definition) is 6. The number of fused-ring (bicyclic) bond motifs is 5. The number of aromatic nitrogens is 2. The summed E-state index contributed by atoms with van der Waals surface area (Å²) in [4.78, 5) is 19.0. The molecule has 0 spiro atoms. The Morgan fingerprint density at radius 1 is 0.491 bits per heavy atom. The topological polar surface area (TPSA) is 69.0 Å². The molecule has 0 bridgehead atoms. The molecule has 6 heteroatoms. The Labute approximate surface area is 321 Å². The maximum atomic E-state index is 5.89. The van der Waals surface area contributed by atoms with E-state index in [1.807, 2.05) is 24.5 Å². The van der Waals surface area contributed by atoms with Crippen LogP contribution in [0.1, 0.15) is 61.3 Å². The lowest BCUT2D eigenvalue weighted by molar-refractivity contribution is 0.279. The first kappa shape index (κ1) is 33.2. The van der Waals surface area contributed by atoms with Crippen molar-refractivity contribution in [1.82, 2.24) is 9.97 Å². The third-order valence-electron chi connectivity index (χ3n) is 11.1. The van der Waals surface area contributed by atoms with Crippen molar-refractivity contribution in [3.8, 4) is 33.4 Å². The van der Waals surface area contributed by atoms with Crippen LogP contribution in [0.2, 0.25) is 0 Å². The zero-order valence-corrected chi connectivity index (χ0v) is 31.4. The average molecular weight is 717 g/mol. The molecule has 3 aliphatic rings. The molecule has 6 nitrogen and oxygen atoms in total. The van der Waals surface area contributed by atoms with Gasteiger partial charge < -0.3 is 9.47 Å². The Bertz CT molecular complexity index is 2640. The largest absolute Gasteiger partial charge is 0.474 e. The van der Waals surface area contributed by atoms with Crippen LogP contribution >= 0.6 is 0 Å². The molecule has 10 rings (SSSR count). The minimum atomic E-state index is -0.575. The van der Waals surface area contributed by atoms with Gasteiger partial charge in [0.15, 0.2) is 0 Å². The summed E-state index contributed by atoms with van der Waals surface area (Å²) in [6.07, 6.45) is 3.86. The van der Waals surface area contributed by atoms with Crippen molar-refractivity contribution < 1.29 is 9.47 Å². The van der Waals surface area contributed by atoms with Crippen molar-refractivity contribution >= 4 is 22.6 Å². The van der Waals surface area contributed by atoms with Gasteiger partial charge >= 0.3 is 0 Å². The first-order valence-corrected chi connectivity index (χ1v) is 18.9. The highest BCUT2D eigenvalue weighted by Crippen LogP contribution is 2.58. The fourth-order valence-corrected chi connectivity index (χ4v) is 8.50. The first-order chi connectivity index (χ1) is 26.7. The van der Waals surface area contributed by atoms with Gasteiger partial charge in [-0.25, -0.2) is 9.98 Å². The third kappa shape index (κ3) is 5.46. The van der Waals surface area contributed by atoms with E-state index >= 15 is 0 Å². The van der Waals surface area contributed by atoms with Crippen LogP contribution < -0.4 is 0 Å². The van der Waals surface area contributed by atoms with Gasteiger partial charge in [-0.1, -0.05) is 109 Å². The van der Waals surface area contributed by atoms with E-state index < -0.39 is 5.41 Å². The molecule has 0 atom stereocenters. The minimum Gasteiger partial charge on any atom is -0.474 e. The van der Waals surface area contributed by atoms with Gasteiger partial charge in [-0.05, 0) is 107 Å². The standard InChI is InChI=1S/C49H40N4O2/c1-47(2)29-54-45(52-47)42-23-18-34(27-50-42)31-15-20-38-33(25-31)17-22-40-39-21-16-32(35-19-24-43(51-28-35)46-53-48(3,4)30-55-46)26-41(39)49(44(38)40,36-11-7-5-8-12-36)37-13-9-6-10-14-37/h5-28H,29-30H2,1-4H3. The summed E-state index contributed by atoms with van der Waals surface area (Å²) in [6, 6.07) is 48.5. The second kappa shape index (κ2) is 12.3. The molecular formula is C49H40N4O2. The van der Waals surface area contributed by atoms with E-state index in [2.05, 4.69) is 149 Å². The Morgan fingerprint density at radius 3 is 1.51 bits per heavy atom.